The molecule has 2 amide bonds. The summed E-state index contributed by atoms with van der Waals surface area (Å²) in [5.41, 5.74) is 0. The van der Waals surface area contributed by atoms with E-state index in [1.165, 1.54) is 0 Å². The van der Waals surface area contributed by atoms with E-state index in [-0.39, 0.29) is 35.9 Å². The lowest BCUT2D eigenvalue weighted by atomic mass is 9.93. The fourth-order valence-electron chi connectivity index (χ4n) is 2.39. The SMILES string of the molecule is CCC1C(=O)NC(C(C)C)C(=O)N1C(C)C(C)C. The van der Waals surface area contributed by atoms with Crippen molar-refractivity contribution < 1.29 is 9.59 Å². The Labute approximate surface area is 110 Å². The Morgan fingerprint density at radius 2 is 1.72 bits per heavy atom. The Morgan fingerprint density at radius 1 is 1.17 bits per heavy atom. The summed E-state index contributed by atoms with van der Waals surface area (Å²) in [7, 11) is 0. The van der Waals surface area contributed by atoms with Crippen LogP contribution in [0.2, 0.25) is 0 Å². The number of piperazine rings is 1. The Kier molecular flexibility index (Phi) is 4.77. The monoisotopic (exact) mass is 254 g/mol. The van der Waals surface area contributed by atoms with Crippen LogP contribution in [0, 0.1) is 11.8 Å². The topological polar surface area (TPSA) is 49.4 Å². The molecule has 0 spiro atoms. The molecule has 1 N–H and O–H groups in total. The van der Waals surface area contributed by atoms with Crippen LogP contribution in [0.3, 0.4) is 0 Å². The predicted octanol–water partition coefficient (Wildman–Crippen LogP) is 1.79. The molecular formula is C14H26N2O2. The third kappa shape index (κ3) is 2.68. The van der Waals surface area contributed by atoms with Crippen LogP contribution in [0.25, 0.3) is 0 Å². The van der Waals surface area contributed by atoms with Gasteiger partial charge in [-0.3, -0.25) is 9.59 Å². The zero-order valence-electron chi connectivity index (χ0n) is 12.4. The fourth-order valence-corrected chi connectivity index (χ4v) is 2.39. The zero-order valence-corrected chi connectivity index (χ0v) is 12.4. The maximum Gasteiger partial charge on any atom is 0.246 e. The maximum atomic E-state index is 12.5. The summed E-state index contributed by atoms with van der Waals surface area (Å²) < 4.78 is 0. The molecule has 1 aliphatic heterocycles. The highest BCUT2D eigenvalue weighted by Crippen LogP contribution is 2.23. The molecule has 0 aromatic heterocycles. The van der Waals surface area contributed by atoms with Crippen LogP contribution in [-0.4, -0.2) is 34.8 Å². The standard InChI is InChI=1S/C14H26N2O2/c1-7-11-13(17)15-12(9(4)5)14(18)16(11)10(6)8(2)3/h8-12H,7H2,1-6H3,(H,15,17). The van der Waals surface area contributed by atoms with Gasteiger partial charge in [-0.15, -0.1) is 0 Å². The molecule has 4 heteroatoms. The third-order valence-electron chi connectivity index (χ3n) is 3.91. The molecule has 1 fully saturated rings. The molecule has 1 saturated heterocycles. The van der Waals surface area contributed by atoms with E-state index in [4.69, 9.17) is 0 Å². The van der Waals surface area contributed by atoms with Gasteiger partial charge in [-0.05, 0) is 25.2 Å². The van der Waals surface area contributed by atoms with E-state index in [9.17, 15) is 9.59 Å². The van der Waals surface area contributed by atoms with Crippen molar-refractivity contribution in [3.8, 4) is 0 Å². The lowest BCUT2D eigenvalue weighted by Crippen LogP contribution is -2.67. The first-order valence-electron chi connectivity index (χ1n) is 6.93. The summed E-state index contributed by atoms with van der Waals surface area (Å²) in [6, 6.07) is -0.596. The van der Waals surface area contributed by atoms with Crippen molar-refractivity contribution >= 4 is 11.8 Å². The quantitative estimate of drug-likeness (QED) is 0.831. The highest BCUT2D eigenvalue weighted by atomic mass is 16.2. The van der Waals surface area contributed by atoms with E-state index < -0.39 is 0 Å². The number of carbonyl (C=O) groups excluding carboxylic acids is 2. The van der Waals surface area contributed by atoms with Crippen LogP contribution < -0.4 is 5.32 Å². The molecule has 0 aliphatic carbocycles. The number of carbonyl (C=O) groups is 2. The van der Waals surface area contributed by atoms with E-state index >= 15 is 0 Å². The van der Waals surface area contributed by atoms with Crippen molar-refractivity contribution in [1.82, 2.24) is 10.2 Å². The summed E-state index contributed by atoms with van der Waals surface area (Å²) >= 11 is 0. The van der Waals surface area contributed by atoms with Gasteiger partial charge in [0.05, 0.1) is 0 Å². The Bertz CT molecular complexity index is 326. The maximum absolute atomic E-state index is 12.5. The second-order valence-corrected chi connectivity index (χ2v) is 5.88. The summed E-state index contributed by atoms with van der Waals surface area (Å²) in [6.45, 7) is 12.1. The fraction of sp³-hybridized carbons (Fsp3) is 0.857. The smallest absolute Gasteiger partial charge is 0.246 e. The van der Waals surface area contributed by atoms with E-state index in [0.717, 1.165) is 0 Å². The molecule has 3 unspecified atom stereocenters. The first kappa shape index (κ1) is 15.0. The third-order valence-corrected chi connectivity index (χ3v) is 3.91. The molecule has 0 aromatic rings. The molecule has 4 nitrogen and oxygen atoms in total. The first-order chi connectivity index (χ1) is 8.31. The molecule has 3 atom stereocenters. The van der Waals surface area contributed by atoms with E-state index in [1.807, 2.05) is 27.7 Å². The largest absolute Gasteiger partial charge is 0.342 e. The summed E-state index contributed by atoms with van der Waals surface area (Å²) in [6.07, 6.45) is 0.666. The van der Waals surface area contributed by atoms with Crippen molar-refractivity contribution in [2.75, 3.05) is 0 Å². The van der Waals surface area contributed by atoms with Crippen molar-refractivity contribution in [1.29, 1.82) is 0 Å². The minimum atomic E-state index is -0.374. The van der Waals surface area contributed by atoms with Crippen LogP contribution in [0.1, 0.15) is 48.0 Å². The number of rotatable bonds is 4. The van der Waals surface area contributed by atoms with Crippen molar-refractivity contribution in [3.63, 3.8) is 0 Å². The van der Waals surface area contributed by atoms with Gasteiger partial charge in [-0.2, -0.15) is 0 Å². The minimum Gasteiger partial charge on any atom is -0.342 e. The van der Waals surface area contributed by atoms with Crippen LogP contribution in [0.15, 0.2) is 0 Å². The molecule has 0 saturated carbocycles. The lowest BCUT2D eigenvalue weighted by Gasteiger charge is -2.44. The zero-order chi connectivity index (χ0) is 14.0. The van der Waals surface area contributed by atoms with Gasteiger partial charge in [0, 0.05) is 6.04 Å². The van der Waals surface area contributed by atoms with Crippen molar-refractivity contribution in [2.24, 2.45) is 11.8 Å². The first-order valence-corrected chi connectivity index (χ1v) is 6.93. The van der Waals surface area contributed by atoms with Gasteiger partial charge in [-0.25, -0.2) is 0 Å². The number of hydrogen-bond donors (Lipinski definition) is 1. The van der Waals surface area contributed by atoms with E-state index in [1.54, 1.807) is 4.90 Å². The number of nitrogens with one attached hydrogen (secondary N) is 1. The summed E-state index contributed by atoms with van der Waals surface area (Å²) in [5.74, 6) is 0.531. The van der Waals surface area contributed by atoms with Crippen LogP contribution >= 0.6 is 0 Å². The Balaban J connectivity index is 3.05. The number of hydrogen-bond acceptors (Lipinski definition) is 2. The molecular weight excluding hydrogens is 228 g/mol. The second-order valence-electron chi connectivity index (χ2n) is 5.88. The number of amides is 2. The average molecular weight is 254 g/mol. The summed E-state index contributed by atoms with van der Waals surface area (Å²) in [5, 5.41) is 2.86. The number of nitrogens with zero attached hydrogens (tertiary/aromatic N) is 1. The molecule has 0 radical (unpaired) electrons. The Morgan fingerprint density at radius 3 is 2.11 bits per heavy atom. The highest BCUT2D eigenvalue weighted by Gasteiger charge is 2.43. The second kappa shape index (κ2) is 5.72. The van der Waals surface area contributed by atoms with Gasteiger partial charge in [0.25, 0.3) is 0 Å². The normalized spacial score (nSPS) is 26.8. The van der Waals surface area contributed by atoms with Crippen molar-refractivity contribution in [2.45, 2.75) is 66.1 Å². The van der Waals surface area contributed by atoms with Crippen LogP contribution in [0.4, 0.5) is 0 Å². The molecule has 1 rings (SSSR count). The van der Waals surface area contributed by atoms with Crippen LogP contribution in [-0.2, 0) is 9.59 Å². The molecule has 104 valence electrons. The van der Waals surface area contributed by atoms with E-state index in [2.05, 4.69) is 19.2 Å². The molecule has 1 heterocycles. The molecule has 18 heavy (non-hydrogen) atoms. The van der Waals surface area contributed by atoms with Crippen molar-refractivity contribution in [3.05, 3.63) is 0 Å². The predicted molar refractivity (Wildman–Crippen MR) is 72.0 cm³/mol. The lowest BCUT2D eigenvalue weighted by molar-refractivity contribution is -0.154. The van der Waals surface area contributed by atoms with Gasteiger partial charge in [-0.1, -0.05) is 34.6 Å². The Hall–Kier alpha value is -1.06. The molecule has 0 aromatic carbocycles. The van der Waals surface area contributed by atoms with Gasteiger partial charge in [0.1, 0.15) is 12.1 Å². The molecule has 1 aliphatic rings. The van der Waals surface area contributed by atoms with Gasteiger partial charge in [0.2, 0.25) is 11.8 Å². The molecule has 0 bridgehead atoms. The minimum absolute atomic E-state index is 0.0108. The summed E-state index contributed by atoms with van der Waals surface area (Å²) in [4.78, 5) is 26.5. The van der Waals surface area contributed by atoms with Gasteiger partial charge in [0.15, 0.2) is 0 Å². The highest BCUT2D eigenvalue weighted by molar-refractivity contribution is 5.97. The van der Waals surface area contributed by atoms with Gasteiger partial charge >= 0.3 is 0 Å². The van der Waals surface area contributed by atoms with Gasteiger partial charge < -0.3 is 10.2 Å². The van der Waals surface area contributed by atoms with Crippen LogP contribution in [0.5, 0.6) is 0 Å². The van der Waals surface area contributed by atoms with E-state index in [0.29, 0.717) is 12.3 Å². The average Bonchev–Trinajstić information content (AvgIpc) is 2.29.